The van der Waals surface area contributed by atoms with Crippen molar-refractivity contribution in [1.29, 1.82) is 0 Å². The number of carbonyl (C=O) groups excluding carboxylic acids is 1. The number of hydrogen-bond acceptors (Lipinski definition) is 5. The highest BCUT2D eigenvalue weighted by atomic mass is 35.5. The van der Waals surface area contributed by atoms with Crippen molar-refractivity contribution in [3.8, 4) is 11.6 Å². The molecule has 0 N–H and O–H groups in total. The van der Waals surface area contributed by atoms with Gasteiger partial charge in [0, 0.05) is 28.2 Å². The fraction of sp³-hybridized carbons (Fsp3) is 0.0435. The molecule has 0 fully saturated rings. The Kier molecular flexibility index (Phi) is 5.43. The number of hydrogen-bond donors (Lipinski definition) is 0. The molecule has 0 amide bonds. The topological polar surface area (TPSA) is 73.8 Å². The van der Waals surface area contributed by atoms with Crippen molar-refractivity contribution < 1.29 is 9.21 Å². The van der Waals surface area contributed by atoms with Crippen LogP contribution in [0.25, 0.3) is 22.5 Å². The Morgan fingerprint density at radius 2 is 1.75 bits per heavy atom. The van der Waals surface area contributed by atoms with Crippen molar-refractivity contribution in [1.82, 2.24) is 19.5 Å². The predicted molar refractivity (Wildman–Crippen MR) is 123 cm³/mol. The standard InChI is InChI=1S/C23H13Cl3N4O2/c24-14-3-1-13(2-4-14)11-30-18-6-5-15(25)9-16(18)20(22(30)26)21(31)19-10-28-23(32-19)17-7-8-27-12-29-17/h1-10,12H,11H2. The van der Waals surface area contributed by atoms with Crippen LogP contribution in [0, 0.1) is 0 Å². The Balaban J connectivity index is 1.60. The van der Waals surface area contributed by atoms with Crippen LogP contribution >= 0.6 is 34.8 Å². The van der Waals surface area contributed by atoms with Crippen molar-refractivity contribution >= 4 is 51.5 Å². The van der Waals surface area contributed by atoms with Crippen LogP contribution in [0.2, 0.25) is 15.2 Å². The first-order valence-electron chi connectivity index (χ1n) is 9.50. The Bertz CT molecular complexity index is 1440. The first-order chi connectivity index (χ1) is 15.5. The van der Waals surface area contributed by atoms with Crippen LogP contribution in [0.4, 0.5) is 0 Å². The van der Waals surface area contributed by atoms with E-state index in [1.807, 2.05) is 34.9 Å². The average molecular weight is 484 g/mol. The Hall–Kier alpha value is -3.19. The number of ketones is 1. The first-order valence-corrected chi connectivity index (χ1v) is 10.6. The lowest BCUT2D eigenvalue weighted by Gasteiger charge is -2.08. The smallest absolute Gasteiger partial charge is 0.245 e. The van der Waals surface area contributed by atoms with Crippen molar-refractivity contribution in [3.63, 3.8) is 0 Å². The Morgan fingerprint density at radius 1 is 0.969 bits per heavy atom. The molecule has 0 spiro atoms. The van der Waals surface area contributed by atoms with Crippen LogP contribution < -0.4 is 0 Å². The summed E-state index contributed by atoms with van der Waals surface area (Å²) in [6.45, 7) is 0.448. The number of aromatic nitrogens is 4. The zero-order valence-electron chi connectivity index (χ0n) is 16.3. The molecule has 0 aliphatic rings. The van der Waals surface area contributed by atoms with Crippen molar-refractivity contribution in [2.24, 2.45) is 0 Å². The first kappa shape index (κ1) is 20.7. The van der Waals surface area contributed by atoms with Crippen molar-refractivity contribution in [2.45, 2.75) is 6.54 Å². The molecule has 0 unspecified atom stereocenters. The van der Waals surface area contributed by atoms with Crippen LogP contribution in [0.1, 0.15) is 21.7 Å². The minimum absolute atomic E-state index is 0.0473. The molecule has 0 radical (unpaired) electrons. The van der Waals surface area contributed by atoms with Gasteiger partial charge in [0.2, 0.25) is 11.7 Å². The molecule has 0 aliphatic heterocycles. The van der Waals surface area contributed by atoms with E-state index in [1.54, 1.807) is 24.4 Å². The van der Waals surface area contributed by atoms with E-state index in [-0.39, 0.29) is 16.8 Å². The number of nitrogens with zero attached hydrogens (tertiary/aromatic N) is 4. The van der Waals surface area contributed by atoms with Gasteiger partial charge in [-0.05, 0) is 42.0 Å². The van der Waals surface area contributed by atoms with E-state index in [2.05, 4.69) is 15.0 Å². The summed E-state index contributed by atoms with van der Waals surface area (Å²) in [7, 11) is 0. The fourth-order valence-corrected chi connectivity index (χ4v) is 4.11. The molecule has 32 heavy (non-hydrogen) atoms. The summed E-state index contributed by atoms with van der Waals surface area (Å²) >= 11 is 19.0. The maximum atomic E-state index is 13.4. The van der Waals surface area contributed by atoms with Crippen LogP contribution in [0.3, 0.4) is 0 Å². The molecule has 3 heterocycles. The molecule has 2 aromatic carbocycles. The molecule has 0 atom stereocenters. The second-order valence-corrected chi connectivity index (χ2v) is 8.22. The Morgan fingerprint density at radius 3 is 2.50 bits per heavy atom. The predicted octanol–water partition coefficient (Wildman–Crippen LogP) is 6.33. The highest BCUT2D eigenvalue weighted by Crippen LogP contribution is 2.35. The van der Waals surface area contributed by atoms with E-state index in [9.17, 15) is 4.79 Å². The van der Waals surface area contributed by atoms with Gasteiger partial charge in [0.05, 0.1) is 17.3 Å². The molecule has 0 bridgehead atoms. The maximum absolute atomic E-state index is 13.4. The Labute approximate surface area is 197 Å². The van der Waals surface area contributed by atoms with Crippen LogP contribution in [0.5, 0.6) is 0 Å². The molecular weight excluding hydrogens is 471 g/mol. The lowest BCUT2D eigenvalue weighted by atomic mass is 10.1. The van der Waals surface area contributed by atoms with Gasteiger partial charge >= 0.3 is 0 Å². The number of oxazole rings is 1. The van der Waals surface area contributed by atoms with Crippen LogP contribution in [-0.4, -0.2) is 25.3 Å². The van der Waals surface area contributed by atoms with Gasteiger partial charge in [-0.3, -0.25) is 4.79 Å². The van der Waals surface area contributed by atoms with Gasteiger partial charge in [0.25, 0.3) is 0 Å². The molecule has 0 saturated carbocycles. The van der Waals surface area contributed by atoms with Crippen LogP contribution in [0.15, 0.2) is 71.7 Å². The molecule has 0 aliphatic carbocycles. The number of benzene rings is 2. The minimum Gasteiger partial charge on any atom is -0.431 e. The SMILES string of the molecule is O=C(c1cnc(-c2ccncn2)o1)c1c(Cl)n(Cc2ccc(Cl)cc2)c2ccc(Cl)cc12. The van der Waals surface area contributed by atoms with Gasteiger partial charge < -0.3 is 8.98 Å². The third-order valence-corrected chi connectivity index (χ3v) is 5.85. The second kappa shape index (κ2) is 8.39. The summed E-state index contributed by atoms with van der Waals surface area (Å²) in [4.78, 5) is 25.6. The highest BCUT2D eigenvalue weighted by Gasteiger charge is 2.26. The minimum atomic E-state index is -0.398. The van der Waals surface area contributed by atoms with E-state index in [4.69, 9.17) is 39.2 Å². The normalized spacial score (nSPS) is 11.2. The van der Waals surface area contributed by atoms with E-state index in [0.717, 1.165) is 11.1 Å². The summed E-state index contributed by atoms with van der Waals surface area (Å²) in [6.07, 6.45) is 4.31. The molecule has 5 rings (SSSR count). The molecule has 6 nitrogen and oxygen atoms in total. The van der Waals surface area contributed by atoms with Gasteiger partial charge in [-0.15, -0.1) is 0 Å². The third kappa shape index (κ3) is 3.77. The molecule has 3 aromatic heterocycles. The number of fused-ring (bicyclic) bond motifs is 1. The molecule has 0 saturated heterocycles. The molecule has 9 heteroatoms. The lowest BCUT2D eigenvalue weighted by Crippen LogP contribution is -2.03. The van der Waals surface area contributed by atoms with E-state index in [1.165, 1.54) is 12.5 Å². The largest absolute Gasteiger partial charge is 0.431 e. The second-order valence-electron chi connectivity index (χ2n) is 6.99. The summed E-state index contributed by atoms with van der Waals surface area (Å²) in [6, 6.07) is 14.4. The van der Waals surface area contributed by atoms with Crippen molar-refractivity contribution in [2.75, 3.05) is 0 Å². The zero-order valence-corrected chi connectivity index (χ0v) is 18.6. The third-order valence-electron chi connectivity index (χ3n) is 4.97. The quantitative estimate of drug-likeness (QED) is 0.273. The zero-order chi connectivity index (χ0) is 22.2. The van der Waals surface area contributed by atoms with Crippen LogP contribution in [-0.2, 0) is 6.54 Å². The fourth-order valence-electron chi connectivity index (χ4n) is 3.48. The average Bonchev–Trinajstić information content (AvgIpc) is 3.39. The van der Waals surface area contributed by atoms with E-state index in [0.29, 0.717) is 33.2 Å². The number of rotatable bonds is 5. The van der Waals surface area contributed by atoms with Crippen molar-refractivity contribution in [3.05, 3.63) is 99.3 Å². The molecular formula is C23H13Cl3N4O2. The molecule has 158 valence electrons. The highest BCUT2D eigenvalue weighted by molar-refractivity contribution is 6.37. The van der Waals surface area contributed by atoms with Gasteiger partial charge in [-0.1, -0.05) is 46.9 Å². The summed E-state index contributed by atoms with van der Waals surface area (Å²) in [5.41, 5.74) is 2.52. The van der Waals surface area contributed by atoms with E-state index >= 15 is 0 Å². The van der Waals surface area contributed by atoms with Gasteiger partial charge in [-0.25, -0.2) is 15.0 Å². The van der Waals surface area contributed by atoms with Gasteiger partial charge in [0.1, 0.15) is 17.2 Å². The molecule has 5 aromatic rings. The maximum Gasteiger partial charge on any atom is 0.245 e. The lowest BCUT2D eigenvalue weighted by molar-refractivity contribution is 0.101. The van der Waals surface area contributed by atoms with Gasteiger partial charge in [0.15, 0.2) is 5.76 Å². The summed E-state index contributed by atoms with van der Waals surface area (Å²) < 4.78 is 7.55. The van der Waals surface area contributed by atoms with Gasteiger partial charge in [-0.2, -0.15) is 0 Å². The van der Waals surface area contributed by atoms with E-state index < -0.39 is 5.78 Å². The monoisotopic (exact) mass is 482 g/mol. The summed E-state index contributed by atoms with van der Waals surface area (Å²) in [5, 5.41) is 2.04. The summed E-state index contributed by atoms with van der Waals surface area (Å²) in [5.74, 6) is -0.134. The number of carbonyl (C=O) groups is 1. The number of halogens is 3.